The van der Waals surface area contributed by atoms with E-state index in [9.17, 15) is 13.2 Å². The average molecular weight is 484 g/mol. The van der Waals surface area contributed by atoms with Crippen LogP contribution in [-0.4, -0.2) is 50.5 Å². The molecule has 0 N–H and O–H groups in total. The van der Waals surface area contributed by atoms with E-state index < -0.39 is 11.7 Å². The lowest BCUT2D eigenvalue weighted by Crippen LogP contribution is -2.38. The van der Waals surface area contributed by atoms with Crippen LogP contribution in [0.15, 0.2) is 66.7 Å². The number of benzene rings is 1. The number of halogens is 4. The Bertz CT molecular complexity index is 930. The number of hydrogen-bond acceptors (Lipinski definition) is 4. The molecule has 8 heteroatoms. The minimum absolute atomic E-state index is 0.132. The van der Waals surface area contributed by atoms with Gasteiger partial charge in [0.25, 0.3) is 0 Å². The van der Waals surface area contributed by atoms with Crippen molar-refractivity contribution in [2.45, 2.75) is 20.0 Å². The first-order chi connectivity index (χ1) is 15.6. The van der Waals surface area contributed by atoms with E-state index in [1.807, 2.05) is 13.0 Å². The van der Waals surface area contributed by atoms with E-state index in [1.54, 1.807) is 12.1 Å². The zero-order chi connectivity index (χ0) is 24.4. The molecule has 0 unspecified atom stereocenters. The van der Waals surface area contributed by atoms with Gasteiger partial charge < -0.3 is 14.2 Å². The third kappa shape index (κ3) is 9.12. The zero-order valence-electron chi connectivity index (χ0n) is 18.9. The van der Waals surface area contributed by atoms with Crippen molar-refractivity contribution in [2.24, 2.45) is 0 Å². The molecule has 0 amide bonds. The Morgan fingerprint density at radius 3 is 2.52 bits per heavy atom. The number of morpholine rings is 1. The summed E-state index contributed by atoms with van der Waals surface area (Å²) in [5, 5.41) is 0.540. The Kier molecular flexibility index (Phi) is 10.3. The molecule has 0 spiro atoms. The van der Waals surface area contributed by atoms with Gasteiger partial charge in [0, 0.05) is 24.7 Å². The lowest BCUT2D eigenvalue weighted by atomic mass is 10.1. The van der Waals surface area contributed by atoms with Gasteiger partial charge >= 0.3 is 6.18 Å². The molecule has 0 atom stereocenters. The number of ether oxygens (including phenoxy) is 3. The van der Waals surface area contributed by atoms with E-state index in [1.165, 1.54) is 19.1 Å². The highest BCUT2D eigenvalue weighted by molar-refractivity contribution is 6.31. The van der Waals surface area contributed by atoms with Crippen molar-refractivity contribution in [3.8, 4) is 5.75 Å². The normalized spacial score (nSPS) is 15.9. The second-order valence-electron chi connectivity index (χ2n) is 7.39. The highest BCUT2D eigenvalue weighted by Gasteiger charge is 2.31. The minimum atomic E-state index is -4.51. The molecule has 2 rings (SSSR count). The molecule has 1 aromatic rings. The molecule has 1 aliphatic heterocycles. The Balaban J connectivity index is 2.00. The monoisotopic (exact) mass is 483 g/mol. The van der Waals surface area contributed by atoms with Gasteiger partial charge in [-0.2, -0.15) is 13.2 Å². The molecule has 33 heavy (non-hydrogen) atoms. The molecule has 1 aromatic carbocycles. The van der Waals surface area contributed by atoms with Crippen LogP contribution in [0.3, 0.4) is 0 Å². The van der Waals surface area contributed by atoms with Crippen molar-refractivity contribution < 1.29 is 27.4 Å². The lowest BCUT2D eigenvalue weighted by molar-refractivity contribution is -0.0884. The third-order valence-corrected chi connectivity index (χ3v) is 5.23. The molecule has 0 aromatic heterocycles. The largest absolute Gasteiger partial charge is 0.492 e. The predicted octanol–water partition coefficient (Wildman–Crippen LogP) is 6.48. The van der Waals surface area contributed by atoms with Crippen LogP contribution in [0.25, 0.3) is 6.08 Å². The van der Waals surface area contributed by atoms with Crippen molar-refractivity contribution in [2.75, 3.05) is 39.5 Å². The highest BCUT2D eigenvalue weighted by Crippen LogP contribution is 2.29. The first-order valence-electron chi connectivity index (χ1n) is 10.5. The predicted molar refractivity (Wildman–Crippen MR) is 126 cm³/mol. The second kappa shape index (κ2) is 12.7. The SMILES string of the molecule is C=C(/C=C\c1cc(OCCN2CCOCC2)cc(Cl)c1C)OC(=C)/C=C(\C=C/C)C(F)(F)F. The fraction of sp³-hybridized carbons (Fsp3) is 0.360. The fourth-order valence-electron chi connectivity index (χ4n) is 3.04. The van der Waals surface area contributed by atoms with Crippen LogP contribution in [0.1, 0.15) is 18.1 Å². The summed E-state index contributed by atoms with van der Waals surface area (Å²) >= 11 is 6.35. The lowest BCUT2D eigenvalue weighted by Gasteiger charge is -2.26. The molecule has 0 saturated carbocycles. The molecule has 0 aliphatic carbocycles. The minimum Gasteiger partial charge on any atom is -0.492 e. The third-order valence-electron chi connectivity index (χ3n) is 4.84. The molecule has 1 saturated heterocycles. The van der Waals surface area contributed by atoms with Gasteiger partial charge in [-0.05, 0) is 49.3 Å². The fourth-order valence-corrected chi connectivity index (χ4v) is 3.26. The number of nitrogens with zero attached hydrogens (tertiary/aromatic N) is 1. The van der Waals surface area contributed by atoms with Crippen molar-refractivity contribution in [3.05, 3.63) is 82.8 Å². The van der Waals surface area contributed by atoms with Crippen molar-refractivity contribution in [1.29, 1.82) is 0 Å². The van der Waals surface area contributed by atoms with E-state index in [0.717, 1.165) is 56.1 Å². The van der Waals surface area contributed by atoms with E-state index in [2.05, 4.69) is 18.1 Å². The molecular weight excluding hydrogens is 455 g/mol. The summed E-state index contributed by atoms with van der Waals surface area (Å²) in [6.45, 7) is 15.1. The number of hydrogen-bond donors (Lipinski definition) is 0. The maximum atomic E-state index is 13.0. The quantitative estimate of drug-likeness (QED) is 0.281. The van der Waals surface area contributed by atoms with E-state index in [0.29, 0.717) is 17.4 Å². The summed E-state index contributed by atoms with van der Waals surface area (Å²) in [4.78, 5) is 2.27. The highest BCUT2D eigenvalue weighted by atomic mass is 35.5. The Hall–Kier alpha value is -2.48. The van der Waals surface area contributed by atoms with Crippen molar-refractivity contribution >= 4 is 17.7 Å². The molecule has 0 bridgehead atoms. The van der Waals surface area contributed by atoms with E-state index in [-0.39, 0.29) is 11.5 Å². The number of allylic oxidation sites excluding steroid dienone is 5. The van der Waals surface area contributed by atoms with Gasteiger partial charge in [-0.3, -0.25) is 4.90 Å². The van der Waals surface area contributed by atoms with Crippen LogP contribution in [0.5, 0.6) is 5.75 Å². The second-order valence-corrected chi connectivity index (χ2v) is 7.79. The molecule has 4 nitrogen and oxygen atoms in total. The van der Waals surface area contributed by atoms with E-state index in [4.69, 9.17) is 25.8 Å². The van der Waals surface area contributed by atoms with Crippen molar-refractivity contribution in [3.63, 3.8) is 0 Å². The molecule has 1 heterocycles. The Morgan fingerprint density at radius 2 is 1.88 bits per heavy atom. The Morgan fingerprint density at radius 1 is 1.18 bits per heavy atom. The van der Waals surface area contributed by atoms with Gasteiger partial charge in [0.1, 0.15) is 23.9 Å². The van der Waals surface area contributed by atoms with Gasteiger partial charge in [-0.1, -0.05) is 43.0 Å². The van der Waals surface area contributed by atoms with E-state index >= 15 is 0 Å². The van der Waals surface area contributed by atoms with Crippen LogP contribution in [0, 0.1) is 6.92 Å². The van der Waals surface area contributed by atoms with Crippen LogP contribution >= 0.6 is 11.6 Å². The van der Waals surface area contributed by atoms with Gasteiger partial charge in [0.05, 0.1) is 18.8 Å². The van der Waals surface area contributed by atoms with Crippen LogP contribution in [0.4, 0.5) is 13.2 Å². The molecule has 0 radical (unpaired) electrons. The first kappa shape index (κ1) is 26.8. The van der Waals surface area contributed by atoms with Crippen LogP contribution < -0.4 is 4.74 Å². The standard InChI is InChI=1S/C25H29ClF3NO3/c1-5-6-22(25(27,28)29)15-19(3)33-18(2)7-8-21-16-23(17-24(26)20(21)4)32-14-11-30-9-12-31-13-10-30/h5-8,15-17H,2-3,9-14H2,1,4H3/b6-5-,8-7-,22-15+. The average Bonchev–Trinajstić information content (AvgIpc) is 2.75. The van der Waals surface area contributed by atoms with Crippen LogP contribution in [-0.2, 0) is 9.47 Å². The van der Waals surface area contributed by atoms with Gasteiger partial charge in [0.15, 0.2) is 0 Å². The maximum absolute atomic E-state index is 13.0. The summed E-state index contributed by atoms with van der Waals surface area (Å²) in [7, 11) is 0. The number of rotatable bonds is 10. The molecule has 1 fully saturated rings. The Labute approximate surface area is 198 Å². The maximum Gasteiger partial charge on any atom is 0.416 e. The molecular formula is C25H29ClF3NO3. The van der Waals surface area contributed by atoms with Crippen molar-refractivity contribution in [1.82, 2.24) is 4.90 Å². The molecule has 1 aliphatic rings. The summed E-state index contributed by atoms with van der Waals surface area (Å²) in [6.07, 6.45) is 1.81. The topological polar surface area (TPSA) is 30.9 Å². The van der Waals surface area contributed by atoms with Gasteiger partial charge in [-0.25, -0.2) is 0 Å². The summed E-state index contributed by atoms with van der Waals surface area (Å²) in [6, 6.07) is 3.60. The van der Waals surface area contributed by atoms with Crippen LogP contribution in [0.2, 0.25) is 5.02 Å². The first-order valence-corrected chi connectivity index (χ1v) is 10.9. The smallest absolute Gasteiger partial charge is 0.416 e. The zero-order valence-corrected chi connectivity index (χ0v) is 19.6. The summed E-state index contributed by atoms with van der Waals surface area (Å²) < 4.78 is 55.5. The van der Waals surface area contributed by atoms with Gasteiger partial charge in [0.2, 0.25) is 0 Å². The summed E-state index contributed by atoms with van der Waals surface area (Å²) in [5.41, 5.74) is 0.739. The number of alkyl halides is 3. The summed E-state index contributed by atoms with van der Waals surface area (Å²) in [5.74, 6) is 0.580. The van der Waals surface area contributed by atoms with Gasteiger partial charge in [-0.15, -0.1) is 0 Å². The molecule has 180 valence electrons.